The molecule has 0 aliphatic heterocycles. The SMILES string of the molecule is COc1cc(C)ccc1C(C)Nc1ccc(Br)nc1. The molecule has 100 valence electrons. The number of aromatic nitrogens is 1. The average Bonchev–Trinajstić information content (AvgIpc) is 2.41. The molecule has 0 spiro atoms. The summed E-state index contributed by atoms with van der Waals surface area (Å²) in [6.45, 7) is 4.16. The highest BCUT2D eigenvalue weighted by molar-refractivity contribution is 9.10. The second-order valence-electron chi connectivity index (χ2n) is 4.48. The number of ether oxygens (including phenoxy) is 1. The first-order valence-corrected chi connectivity index (χ1v) is 6.92. The van der Waals surface area contributed by atoms with Crippen LogP contribution in [0.1, 0.15) is 24.1 Å². The normalized spacial score (nSPS) is 12.0. The van der Waals surface area contributed by atoms with E-state index in [1.807, 2.05) is 18.2 Å². The van der Waals surface area contributed by atoms with Gasteiger partial charge in [-0.2, -0.15) is 0 Å². The van der Waals surface area contributed by atoms with Crippen molar-refractivity contribution in [2.45, 2.75) is 19.9 Å². The van der Waals surface area contributed by atoms with Crippen molar-refractivity contribution in [2.75, 3.05) is 12.4 Å². The summed E-state index contributed by atoms with van der Waals surface area (Å²) < 4.78 is 6.27. The van der Waals surface area contributed by atoms with Gasteiger partial charge in [-0.25, -0.2) is 4.98 Å². The highest BCUT2D eigenvalue weighted by Crippen LogP contribution is 2.28. The number of rotatable bonds is 4. The van der Waals surface area contributed by atoms with Crippen LogP contribution in [0.4, 0.5) is 5.69 Å². The van der Waals surface area contributed by atoms with Crippen LogP contribution in [0.25, 0.3) is 0 Å². The fourth-order valence-corrected chi connectivity index (χ4v) is 2.20. The zero-order valence-electron chi connectivity index (χ0n) is 11.3. The van der Waals surface area contributed by atoms with Crippen molar-refractivity contribution in [3.63, 3.8) is 0 Å². The van der Waals surface area contributed by atoms with Crippen molar-refractivity contribution >= 4 is 21.6 Å². The van der Waals surface area contributed by atoms with E-state index in [2.05, 4.69) is 52.2 Å². The number of pyridine rings is 1. The predicted molar refractivity (Wildman–Crippen MR) is 81.7 cm³/mol. The summed E-state index contributed by atoms with van der Waals surface area (Å²) in [6.07, 6.45) is 1.81. The smallest absolute Gasteiger partial charge is 0.124 e. The molecule has 2 rings (SSSR count). The Morgan fingerprint density at radius 2 is 2.05 bits per heavy atom. The van der Waals surface area contributed by atoms with Crippen molar-refractivity contribution in [1.82, 2.24) is 4.98 Å². The highest BCUT2D eigenvalue weighted by Gasteiger charge is 2.11. The van der Waals surface area contributed by atoms with Crippen LogP contribution in [0.2, 0.25) is 0 Å². The summed E-state index contributed by atoms with van der Waals surface area (Å²) in [5.41, 5.74) is 3.31. The first-order chi connectivity index (χ1) is 9.10. The van der Waals surface area contributed by atoms with Crippen molar-refractivity contribution < 1.29 is 4.74 Å². The molecule has 0 saturated carbocycles. The molecule has 1 heterocycles. The second kappa shape index (κ2) is 6.06. The second-order valence-corrected chi connectivity index (χ2v) is 5.29. The van der Waals surface area contributed by atoms with Gasteiger partial charge in [0.25, 0.3) is 0 Å². The number of nitrogens with one attached hydrogen (secondary N) is 1. The molecule has 0 bridgehead atoms. The molecule has 19 heavy (non-hydrogen) atoms. The zero-order valence-corrected chi connectivity index (χ0v) is 12.9. The Bertz CT molecular complexity index is 555. The number of benzene rings is 1. The Kier molecular flexibility index (Phi) is 4.43. The van der Waals surface area contributed by atoms with Crippen molar-refractivity contribution in [2.24, 2.45) is 0 Å². The number of methoxy groups -OCH3 is 1. The molecular formula is C15H17BrN2O. The highest BCUT2D eigenvalue weighted by atomic mass is 79.9. The molecule has 1 N–H and O–H groups in total. The summed E-state index contributed by atoms with van der Waals surface area (Å²) in [5.74, 6) is 0.907. The topological polar surface area (TPSA) is 34.1 Å². The van der Waals surface area contributed by atoms with Crippen molar-refractivity contribution in [3.05, 3.63) is 52.3 Å². The van der Waals surface area contributed by atoms with Gasteiger partial charge in [-0.05, 0) is 53.5 Å². The van der Waals surface area contributed by atoms with Crippen LogP contribution in [0.3, 0.4) is 0 Å². The van der Waals surface area contributed by atoms with Crippen molar-refractivity contribution in [1.29, 1.82) is 0 Å². The molecule has 0 aliphatic carbocycles. The molecule has 0 amide bonds. The lowest BCUT2D eigenvalue weighted by Gasteiger charge is -2.18. The van der Waals surface area contributed by atoms with E-state index in [4.69, 9.17) is 4.74 Å². The van der Waals surface area contributed by atoms with Gasteiger partial charge in [-0.3, -0.25) is 0 Å². The molecule has 1 atom stereocenters. The lowest BCUT2D eigenvalue weighted by molar-refractivity contribution is 0.407. The third-order valence-corrected chi connectivity index (χ3v) is 3.44. The van der Waals surface area contributed by atoms with Gasteiger partial charge in [0.2, 0.25) is 0 Å². The number of aryl methyl sites for hydroxylation is 1. The van der Waals surface area contributed by atoms with Gasteiger partial charge in [0.05, 0.1) is 25.0 Å². The molecule has 4 heteroatoms. The van der Waals surface area contributed by atoms with E-state index in [-0.39, 0.29) is 6.04 Å². The summed E-state index contributed by atoms with van der Waals surface area (Å²) in [4.78, 5) is 4.21. The minimum atomic E-state index is 0.151. The van der Waals surface area contributed by atoms with Gasteiger partial charge >= 0.3 is 0 Å². The maximum atomic E-state index is 5.44. The maximum Gasteiger partial charge on any atom is 0.124 e. The Morgan fingerprint density at radius 1 is 1.26 bits per heavy atom. The van der Waals surface area contributed by atoms with E-state index >= 15 is 0 Å². The standard InChI is InChI=1S/C15H17BrN2O/c1-10-4-6-13(14(8-10)19-3)11(2)18-12-5-7-15(16)17-9-12/h4-9,11,18H,1-3H3. The van der Waals surface area contributed by atoms with Gasteiger partial charge in [-0.15, -0.1) is 0 Å². The zero-order chi connectivity index (χ0) is 13.8. The number of hydrogen-bond acceptors (Lipinski definition) is 3. The predicted octanol–water partition coefficient (Wildman–Crippen LogP) is 4.33. The van der Waals surface area contributed by atoms with E-state index in [9.17, 15) is 0 Å². The number of nitrogens with zero attached hydrogens (tertiary/aromatic N) is 1. The van der Waals surface area contributed by atoms with Gasteiger partial charge in [0.15, 0.2) is 0 Å². The van der Waals surface area contributed by atoms with E-state index in [0.717, 1.165) is 21.6 Å². The first-order valence-electron chi connectivity index (χ1n) is 6.13. The summed E-state index contributed by atoms with van der Waals surface area (Å²) in [5, 5.41) is 3.42. The molecule has 0 fully saturated rings. The Balaban J connectivity index is 2.19. The van der Waals surface area contributed by atoms with Gasteiger partial charge < -0.3 is 10.1 Å². The van der Waals surface area contributed by atoms with E-state index in [1.165, 1.54) is 5.56 Å². The minimum Gasteiger partial charge on any atom is -0.496 e. The maximum absolute atomic E-state index is 5.44. The van der Waals surface area contributed by atoms with E-state index in [0.29, 0.717) is 0 Å². The Labute approximate surface area is 122 Å². The number of hydrogen-bond donors (Lipinski definition) is 1. The molecule has 0 aliphatic rings. The minimum absolute atomic E-state index is 0.151. The average molecular weight is 321 g/mol. The lowest BCUT2D eigenvalue weighted by atomic mass is 10.0. The molecule has 0 saturated heterocycles. The third kappa shape index (κ3) is 3.47. The molecule has 0 radical (unpaired) electrons. The molecule has 1 aromatic carbocycles. The van der Waals surface area contributed by atoms with Crippen LogP contribution in [-0.4, -0.2) is 12.1 Å². The Morgan fingerprint density at radius 3 is 2.68 bits per heavy atom. The van der Waals surface area contributed by atoms with Gasteiger partial charge in [-0.1, -0.05) is 12.1 Å². The van der Waals surface area contributed by atoms with Gasteiger partial charge in [0, 0.05) is 5.56 Å². The number of anilines is 1. The molecule has 1 aromatic heterocycles. The molecular weight excluding hydrogens is 304 g/mol. The summed E-state index contributed by atoms with van der Waals surface area (Å²) in [6, 6.07) is 10.3. The first kappa shape index (κ1) is 13.9. The van der Waals surface area contributed by atoms with Gasteiger partial charge in [0.1, 0.15) is 10.4 Å². The van der Waals surface area contributed by atoms with Crippen LogP contribution in [0, 0.1) is 6.92 Å². The quantitative estimate of drug-likeness (QED) is 0.851. The van der Waals surface area contributed by atoms with Crippen LogP contribution in [-0.2, 0) is 0 Å². The van der Waals surface area contributed by atoms with E-state index in [1.54, 1.807) is 13.3 Å². The molecule has 2 aromatic rings. The van der Waals surface area contributed by atoms with Crippen LogP contribution < -0.4 is 10.1 Å². The summed E-state index contributed by atoms with van der Waals surface area (Å²) >= 11 is 3.33. The van der Waals surface area contributed by atoms with Crippen LogP contribution in [0.5, 0.6) is 5.75 Å². The third-order valence-electron chi connectivity index (χ3n) is 2.97. The monoisotopic (exact) mass is 320 g/mol. The van der Waals surface area contributed by atoms with Crippen LogP contribution >= 0.6 is 15.9 Å². The van der Waals surface area contributed by atoms with Crippen LogP contribution in [0.15, 0.2) is 41.1 Å². The fourth-order valence-electron chi connectivity index (χ4n) is 1.97. The van der Waals surface area contributed by atoms with E-state index < -0.39 is 0 Å². The molecule has 3 nitrogen and oxygen atoms in total. The number of halogens is 1. The lowest BCUT2D eigenvalue weighted by Crippen LogP contribution is -2.08. The van der Waals surface area contributed by atoms with Crippen molar-refractivity contribution in [3.8, 4) is 5.75 Å². The Hall–Kier alpha value is -1.55. The summed E-state index contributed by atoms with van der Waals surface area (Å²) in [7, 11) is 1.70. The largest absolute Gasteiger partial charge is 0.496 e. The molecule has 1 unspecified atom stereocenters. The fraction of sp³-hybridized carbons (Fsp3) is 0.267.